The maximum Gasteiger partial charge on any atom is 0.416 e. The summed E-state index contributed by atoms with van der Waals surface area (Å²) in [5.41, 5.74) is 0.846. The number of amides is 2. The molecule has 3 aromatic rings. The van der Waals surface area contributed by atoms with Crippen LogP contribution in [0.3, 0.4) is 0 Å². The van der Waals surface area contributed by atoms with Gasteiger partial charge in [-0.25, -0.2) is 14.8 Å². The first-order valence-electron chi connectivity index (χ1n) is 13.3. The molecule has 1 saturated heterocycles. The third-order valence-electron chi connectivity index (χ3n) is 7.05. The van der Waals surface area contributed by atoms with Crippen molar-refractivity contribution in [3.8, 4) is 11.6 Å². The van der Waals surface area contributed by atoms with Crippen LogP contribution in [0.1, 0.15) is 17.5 Å². The van der Waals surface area contributed by atoms with Gasteiger partial charge >= 0.3 is 12.2 Å². The number of aromatic nitrogens is 2. The number of carbonyl (C=O) groups is 1. The molecule has 0 atom stereocenters. The van der Waals surface area contributed by atoms with Crippen LogP contribution in [-0.4, -0.2) is 78.7 Å². The molecule has 212 valence electrons. The summed E-state index contributed by atoms with van der Waals surface area (Å²) in [6.07, 6.45) is -1.44. The molecule has 0 spiro atoms. The van der Waals surface area contributed by atoms with E-state index in [0.717, 1.165) is 63.4 Å². The molecule has 2 aliphatic heterocycles. The van der Waals surface area contributed by atoms with Crippen LogP contribution in [0.2, 0.25) is 0 Å². The monoisotopic (exact) mass is 555 g/mol. The fraction of sp³-hybridized carbons (Fsp3) is 0.393. The Morgan fingerprint density at radius 3 is 2.65 bits per heavy atom. The predicted molar refractivity (Wildman–Crippen MR) is 147 cm³/mol. The first kappa shape index (κ1) is 27.7. The average molecular weight is 556 g/mol. The van der Waals surface area contributed by atoms with Crippen LogP contribution in [0.15, 0.2) is 54.9 Å². The molecule has 2 amide bonds. The minimum absolute atomic E-state index is 0.0840. The minimum atomic E-state index is -4.48. The van der Waals surface area contributed by atoms with E-state index in [1.807, 2.05) is 6.07 Å². The van der Waals surface area contributed by atoms with Crippen LogP contribution >= 0.6 is 0 Å². The van der Waals surface area contributed by atoms with Crippen molar-refractivity contribution in [1.82, 2.24) is 19.8 Å². The van der Waals surface area contributed by atoms with E-state index in [-0.39, 0.29) is 5.69 Å². The smallest absolute Gasteiger partial charge is 0.416 e. The van der Waals surface area contributed by atoms with Crippen molar-refractivity contribution in [2.24, 2.45) is 0 Å². The van der Waals surface area contributed by atoms with Gasteiger partial charge in [0, 0.05) is 56.7 Å². The standard InChI is InChI=1S/C28H32F3N7O2/c1-36-12-14-37(15-13-36)10-3-9-32-25-18-26(34-19-33-25)40-23-6-7-24-20(16-23)8-11-38(24)27(39)35-22-5-2-4-21(17-22)28(29,30)31/h2,4-7,16-19H,3,8-15H2,1H3,(H,35,39)(H,32,33,34). The largest absolute Gasteiger partial charge is 0.439 e. The van der Waals surface area contributed by atoms with Crippen LogP contribution in [0.5, 0.6) is 11.6 Å². The van der Waals surface area contributed by atoms with Crippen molar-refractivity contribution in [3.05, 3.63) is 66.0 Å². The van der Waals surface area contributed by atoms with Gasteiger partial charge in [-0.1, -0.05) is 6.07 Å². The van der Waals surface area contributed by atoms with E-state index in [4.69, 9.17) is 4.74 Å². The zero-order valence-corrected chi connectivity index (χ0v) is 22.2. The topological polar surface area (TPSA) is 85.9 Å². The first-order valence-corrected chi connectivity index (χ1v) is 13.3. The third-order valence-corrected chi connectivity index (χ3v) is 7.05. The zero-order chi connectivity index (χ0) is 28.1. The van der Waals surface area contributed by atoms with Gasteiger partial charge in [0.25, 0.3) is 0 Å². The second-order valence-electron chi connectivity index (χ2n) is 9.97. The fourth-order valence-electron chi connectivity index (χ4n) is 4.82. The van der Waals surface area contributed by atoms with E-state index in [9.17, 15) is 18.0 Å². The van der Waals surface area contributed by atoms with E-state index in [0.29, 0.717) is 36.1 Å². The maximum absolute atomic E-state index is 13.0. The Balaban J connectivity index is 1.14. The van der Waals surface area contributed by atoms with Gasteiger partial charge in [-0.15, -0.1) is 0 Å². The lowest BCUT2D eigenvalue weighted by Gasteiger charge is -2.32. The highest BCUT2D eigenvalue weighted by Gasteiger charge is 2.31. The number of hydrogen-bond donors (Lipinski definition) is 2. The van der Waals surface area contributed by atoms with Crippen molar-refractivity contribution in [2.45, 2.75) is 19.0 Å². The number of alkyl halides is 3. The molecule has 12 heteroatoms. The highest BCUT2D eigenvalue weighted by Crippen LogP contribution is 2.34. The number of hydrogen-bond acceptors (Lipinski definition) is 7. The number of urea groups is 1. The molecule has 3 heterocycles. The Morgan fingerprint density at radius 2 is 1.85 bits per heavy atom. The van der Waals surface area contributed by atoms with Crippen molar-refractivity contribution in [3.63, 3.8) is 0 Å². The van der Waals surface area contributed by atoms with Gasteiger partial charge in [-0.05, 0) is 68.4 Å². The van der Waals surface area contributed by atoms with E-state index >= 15 is 0 Å². The first-order chi connectivity index (χ1) is 19.2. The Morgan fingerprint density at radius 1 is 1.02 bits per heavy atom. The lowest BCUT2D eigenvalue weighted by atomic mass is 10.1. The predicted octanol–water partition coefficient (Wildman–Crippen LogP) is 4.93. The van der Waals surface area contributed by atoms with Crippen LogP contribution in [0.25, 0.3) is 0 Å². The molecule has 0 unspecified atom stereocenters. The van der Waals surface area contributed by atoms with E-state index < -0.39 is 17.8 Å². The second kappa shape index (κ2) is 12.1. The van der Waals surface area contributed by atoms with Crippen molar-refractivity contribution >= 4 is 23.2 Å². The Bertz CT molecular complexity index is 1330. The number of benzene rings is 2. The summed E-state index contributed by atoms with van der Waals surface area (Å²) in [4.78, 5) is 27.7. The molecule has 2 N–H and O–H groups in total. The van der Waals surface area contributed by atoms with Gasteiger partial charge in [0.15, 0.2) is 0 Å². The molecular formula is C28H32F3N7O2. The van der Waals surface area contributed by atoms with Crippen molar-refractivity contribution in [2.75, 3.05) is 68.4 Å². The summed E-state index contributed by atoms with van der Waals surface area (Å²) < 4.78 is 45.0. The molecule has 0 bridgehead atoms. The number of nitrogens with zero attached hydrogens (tertiary/aromatic N) is 5. The molecule has 9 nitrogen and oxygen atoms in total. The van der Waals surface area contributed by atoms with E-state index in [1.54, 1.807) is 18.2 Å². The van der Waals surface area contributed by atoms with E-state index in [2.05, 4.69) is 37.4 Å². The molecule has 40 heavy (non-hydrogen) atoms. The van der Waals surface area contributed by atoms with Crippen molar-refractivity contribution in [1.29, 1.82) is 0 Å². The summed E-state index contributed by atoms with van der Waals surface area (Å²) in [6.45, 7) is 6.64. The molecule has 1 aromatic heterocycles. The number of fused-ring (bicyclic) bond motifs is 1. The van der Waals surface area contributed by atoms with Gasteiger partial charge in [-0.3, -0.25) is 4.90 Å². The van der Waals surface area contributed by atoms with Crippen LogP contribution < -0.4 is 20.3 Å². The number of piperazine rings is 1. The number of halogens is 3. The SMILES string of the molecule is CN1CCN(CCCNc2cc(Oc3ccc4c(c3)CCN4C(=O)Nc3cccc(C(F)(F)F)c3)ncn2)CC1. The highest BCUT2D eigenvalue weighted by molar-refractivity contribution is 6.03. The minimum Gasteiger partial charge on any atom is -0.439 e. The van der Waals surface area contributed by atoms with Gasteiger partial charge in [0.2, 0.25) is 5.88 Å². The lowest BCUT2D eigenvalue weighted by molar-refractivity contribution is -0.137. The molecule has 2 aliphatic rings. The van der Waals surface area contributed by atoms with Crippen molar-refractivity contribution < 1.29 is 22.7 Å². The Labute approximate surface area is 231 Å². The Kier molecular flexibility index (Phi) is 8.36. The molecule has 1 fully saturated rings. The highest BCUT2D eigenvalue weighted by atomic mass is 19.4. The third kappa shape index (κ3) is 6.99. The number of likely N-dealkylation sites (N-methyl/N-ethyl adjacent to an activating group) is 1. The quantitative estimate of drug-likeness (QED) is 0.381. The van der Waals surface area contributed by atoms with Gasteiger partial charge in [0.05, 0.1) is 5.56 Å². The lowest BCUT2D eigenvalue weighted by Crippen LogP contribution is -2.44. The number of carbonyl (C=O) groups excluding carboxylic acids is 1. The molecule has 0 saturated carbocycles. The van der Waals surface area contributed by atoms with Crippen LogP contribution in [-0.2, 0) is 12.6 Å². The summed E-state index contributed by atoms with van der Waals surface area (Å²) in [7, 11) is 2.15. The summed E-state index contributed by atoms with van der Waals surface area (Å²) in [5.74, 6) is 1.65. The van der Waals surface area contributed by atoms with Gasteiger partial charge in [0.1, 0.15) is 17.9 Å². The van der Waals surface area contributed by atoms with Gasteiger partial charge < -0.3 is 25.2 Å². The zero-order valence-electron chi connectivity index (χ0n) is 22.2. The molecule has 2 aromatic carbocycles. The molecule has 0 radical (unpaired) electrons. The number of anilines is 3. The van der Waals surface area contributed by atoms with Crippen LogP contribution in [0, 0.1) is 0 Å². The summed E-state index contributed by atoms with van der Waals surface area (Å²) in [5, 5.41) is 5.90. The normalized spacial score (nSPS) is 16.1. The molecular weight excluding hydrogens is 523 g/mol. The summed E-state index contributed by atoms with van der Waals surface area (Å²) >= 11 is 0. The van der Waals surface area contributed by atoms with E-state index in [1.165, 1.54) is 23.4 Å². The molecule has 0 aliphatic carbocycles. The number of ether oxygens (including phenoxy) is 1. The number of nitrogens with one attached hydrogen (secondary N) is 2. The maximum atomic E-state index is 13.0. The van der Waals surface area contributed by atoms with Gasteiger partial charge in [-0.2, -0.15) is 13.2 Å². The second-order valence-corrected chi connectivity index (χ2v) is 9.97. The van der Waals surface area contributed by atoms with Crippen LogP contribution in [0.4, 0.5) is 35.2 Å². The average Bonchev–Trinajstić information content (AvgIpc) is 3.36. The Hall–Kier alpha value is -3.90. The number of rotatable bonds is 8. The summed E-state index contributed by atoms with van der Waals surface area (Å²) in [6, 6.07) is 11.2. The fourth-order valence-corrected chi connectivity index (χ4v) is 4.82. The molecule has 5 rings (SSSR count).